The highest BCUT2D eigenvalue weighted by molar-refractivity contribution is 5.10. The molecular formula is C16H25N3. The van der Waals surface area contributed by atoms with Crippen LogP contribution >= 0.6 is 0 Å². The molecule has 0 aliphatic carbocycles. The molecule has 3 heterocycles. The summed E-state index contributed by atoms with van der Waals surface area (Å²) in [5.41, 5.74) is 1.40. The summed E-state index contributed by atoms with van der Waals surface area (Å²) < 4.78 is 0. The molecule has 3 rings (SSSR count). The van der Waals surface area contributed by atoms with Gasteiger partial charge in [0.2, 0.25) is 0 Å². The Morgan fingerprint density at radius 2 is 2.05 bits per heavy atom. The SMILES string of the molecule is CC[C@@H]1CN2CCCC[C@@H]2CN1Cc1ccncc1. The molecule has 2 aliphatic rings. The van der Waals surface area contributed by atoms with Crippen LogP contribution in [0.2, 0.25) is 0 Å². The van der Waals surface area contributed by atoms with E-state index in [1.807, 2.05) is 12.4 Å². The molecule has 2 atom stereocenters. The summed E-state index contributed by atoms with van der Waals surface area (Å²) in [6, 6.07) is 5.83. The molecule has 2 fully saturated rings. The average Bonchev–Trinajstić information content (AvgIpc) is 2.47. The van der Waals surface area contributed by atoms with Crippen LogP contribution in [-0.2, 0) is 6.54 Å². The van der Waals surface area contributed by atoms with Crippen molar-refractivity contribution in [3.8, 4) is 0 Å². The van der Waals surface area contributed by atoms with Crippen LogP contribution in [-0.4, -0.2) is 46.5 Å². The number of rotatable bonds is 3. The molecule has 0 N–H and O–H groups in total. The Bertz CT molecular complexity index is 392. The maximum atomic E-state index is 4.12. The van der Waals surface area contributed by atoms with E-state index >= 15 is 0 Å². The van der Waals surface area contributed by atoms with E-state index in [4.69, 9.17) is 0 Å². The van der Waals surface area contributed by atoms with Crippen LogP contribution in [0.5, 0.6) is 0 Å². The summed E-state index contributed by atoms with van der Waals surface area (Å²) in [5, 5.41) is 0. The minimum absolute atomic E-state index is 0.725. The number of hydrogen-bond acceptors (Lipinski definition) is 3. The lowest BCUT2D eigenvalue weighted by Crippen LogP contribution is -2.58. The van der Waals surface area contributed by atoms with Crippen molar-refractivity contribution in [3.05, 3.63) is 30.1 Å². The number of hydrogen-bond donors (Lipinski definition) is 0. The van der Waals surface area contributed by atoms with Crippen LogP contribution in [0, 0.1) is 0 Å². The van der Waals surface area contributed by atoms with Gasteiger partial charge in [0.05, 0.1) is 0 Å². The highest BCUT2D eigenvalue weighted by Crippen LogP contribution is 2.26. The lowest BCUT2D eigenvalue weighted by atomic mass is 9.95. The first-order valence-corrected chi connectivity index (χ1v) is 7.74. The number of fused-ring (bicyclic) bond motifs is 1. The summed E-state index contributed by atoms with van der Waals surface area (Å²) >= 11 is 0. The van der Waals surface area contributed by atoms with E-state index in [0.29, 0.717) is 0 Å². The van der Waals surface area contributed by atoms with Crippen molar-refractivity contribution in [1.82, 2.24) is 14.8 Å². The summed E-state index contributed by atoms with van der Waals surface area (Å²) in [6.45, 7) is 7.26. The van der Waals surface area contributed by atoms with Gasteiger partial charge in [-0.15, -0.1) is 0 Å². The Kier molecular flexibility index (Phi) is 4.14. The zero-order chi connectivity index (χ0) is 13.1. The van der Waals surface area contributed by atoms with Gasteiger partial charge in [0.1, 0.15) is 0 Å². The molecule has 1 aromatic rings. The van der Waals surface area contributed by atoms with Crippen molar-refractivity contribution in [2.75, 3.05) is 19.6 Å². The second-order valence-corrected chi connectivity index (χ2v) is 5.99. The maximum Gasteiger partial charge on any atom is 0.0271 e. The Morgan fingerprint density at radius 1 is 1.21 bits per heavy atom. The predicted octanol–water partition coefficient (Wildman–Crippen LogP) is 2.53. The molecule has 0 radical (unpaired) electrons. The van der Waals surface area contributed by atoms with Crippen LogP contribution in [0.4, 0.5) is 0 Å². The van der Waals surface area contributed by atoms with E-state index in [1.165, 1.54) is 50.9 Å². The van der Waals surface area contributed by atoms with Crippen LogP contribution < -0.4 is 0 Å². The number of nitrogens with zero attached hydrogens (tertiary/aromatic N) is 3. The molecule has 1 aromatic heterocycles. The molecule has 0 bridgehead atoms. The van der Waals surface area contributed by atoms with Gasteiger partial charge in [-0.25, -0.2) is 0 Å². The normalized spacial score (nSPS) is 29.1. The fourth-order valence-corrected chi connectivity index (χ4v) is 3.62. The van der Waals surface area contributed by atoms with Gasteiger partial charge < -0.3 is 0 Å². The summed E-state index contributed by atoms with van der Waals surface area (Å²) in [5.74, 6) is 0. The number of piperazine rings is 1. The van der Waals surface area contributed by atoms with Crippen LogP contribution in [0.15, 0.2) is 24.5 Å². The topological polar surface area (TPSA) is 19.4 Å². The third-order valence-electron chi connectivity index (χ3n) is 4.76. The third kappa shape index (κ3) is 2.98. The molecule has 0 spiro atoms. The molecule has 0 aromatic carbocycles. The van der Waals surface area contributed by atoms with Crippen molar-refractivity contribution in [2.24, 2.45) is 0 Å². The van der Waals surface area contributed by atoms with Crippen molar-refractivity contribution in [3.63, 3.8) is 0 Å². The van der Waals surface area contributed by atoms with Crippen molar-refractivity contribution < 1.29 is 0 Å². The van der Waals surface area contributed by atoms with Crippen molar-refractivity contribution in [1.29, 1.82) is 0 Å². The fraction of sp³-hybridized carbons (Fsp3) is 0.688. The molecule has 104 valence electrons. The lowest BCUT2D eigenvalue weighted by Gasteiger charge is -2.48. The van der Waals surface area contributed by atoms with E-state index in [2.05, 4.69) is 33.8 Å². The largest absolute Gasteiger partial charge is 0.298 e. The van der Waals surface area contributed by atoms with Crippen molar-refractivity contribution in [2.45, 2.75) is 51.2 Å². The number of piperidine rings is 1. The molecular weight excluding hydrogens is 234 g/mol. The van der Waals surface area contributed by atoms with Crippen molar-refractivity contribution >= 4 is 0 Å². The molecule has 3 nitrogen and oxygen atoms in total. The van der Waals surface area contributed by atoms with Gasteiger partial charge in [-0.2, -0.15) is 0 Å². The molecule has 0 amide bonds. The summed E-state index contributed by atoms with van der Waals surface area (Å²) in [4.78, 5) is 9.55. The molecule has 3 heteroatoms. The first-order valence-electron chi connectivity index (χ1n) is 7.74. The zero-order valence-corrected chi connectivity index (χ0v) is 12.0. The van der Waals surface area contributed by atoms with Gasteiger partial charge in [-0.05, 0) is 43.5 Å². The molecule has 19 heavy (non-hydrogen) atoms. The zero-order valence-electron chi connectivity index (χ0n) is 12.0. The van der Waals surface area contributed by atoms with Gasteiger partial charge in [-0.1, -0.05) is 13.3 Å². The standard InChI is InChI=1S/C16H25N3/c1-2-15-12-18-10-4-3-5-16(18)13-19(15)11-14-6-8-17-9-7-14/h6-9,15-16H,2-5,10-13H2,1H3/t15-,16-/m1/s1. The van der Waals surface area contributed by atoms with E-state index in [-0.39, 0.29) is 0 Å². The van der Waals surface area contributed by atoms with Crippen LogP contribution in [0.25, 0.3) is 0 Å². The van der Waals surface area contributed by atoms with Gasteiger partial charge in [0.25, 0.3) is 0 Å². The second kappa shape index (κ2) is 6.02. The monoisotopic (exact) mass is 259 g/mol. The summed E-state index contributed by atoms with van der Waals surface area (Å²) in [7, 11) is 0. The highest BCUT2D eigenvalue weighted by atomic mass is 15.3. The fourth-order valence-electron chi connectivity index (χ4n) is 3.62. The second-order valence-electron chi connectivity index (χ2n) is 5.99. The van der Waals surface area contributed by atoms with E-state index in [0.717, 1.165) is 18.6 Å². The third-order valence-corrected chi connectivity index (χ3v) is 4.76. The molecule has 2 saturated heterocycles. The van der Waals surface area contributed by atoms with Crippen LogP contribution in [0.1, 0.15) is 38.2 Å². The maximum absolute atomic E-state index is 4.12. The Balaban J connectivity index is 1.68. The molecule has 2 aliphatic heterocycles. The van der Waals surface area contributed by atoms with Gasteiger partial charge >= 0.3 is 0 Å². The summed E-state index contributed by atoms with van der Waals surface area (Å²) in [6.07, 6.45) is 9.29. The molecule has 0 saturated carbocycles. The Labute approximate surface area is 116 Å². The van der Waals surface area contributed by atoms with Gasteiger partial charge in [-0.3, -0.25) is 14.8 Å². The number of pyridine rings is 1. The van der Waals surface area contributed by atoms with Gasteiger partial charge in [0.15, 0.2) is 0 Å². The smallest absolute Gasteiger partial charge is 0.0271 e. The highest BCUT2D eigenvalue weighted by Gasteiger charge is 2.33. The first-order chi connectivity index (χ1) is 9.36. The molecule has 0 unspecified atom stereocenters. The van der Waals surface area contributed by atoms with Crippen LogP contribution in [0.3, 0.4) is 0 Å². The van der Waals surface area contributed by atoms with E-state index in [9.17, 15) is 0 Å². The minimum Gasteiger partial charge on any atom is -0.298 e. The first kappa shape index (κ1) is 13.1. The lowest BCUT2D eigenvalue weighted by molar-refractivity contribution is 0.00326. The van der Waals surface area contributed by atoms with Gasteiger partial charge in [0, 0.05) is 44.1 Å². The Hall–Kier alpha value is -0.930. The van der Waals surface area contributed by atoms with E-state index < -0.39 is 0 Å². The Morgan fingerprint density at radius 3 is 2.84 bits per heavy atom. The predicted molar refractivity (Wildman–Crippen MR) is 77.9 cm³/mol. The average molecular weight is 259 g/mol. The minimum atomic E-state index is 0.725. The quantitative estimate of drug-likeness (QED) is 0.831. The van der Waals surface area contributed by atoms with E-state index in [1.54, 1.807) is 0 Å². The number of aromatic nitrogens is 1.